The van der Waals surface area contributed by atoms with E-state index >= 15 is 0 Å². The number of carbonyl (C=O) groups is 2. The second kappa shape index (κ2) is 28.2. The highest BCUT2D eigenvalue weighted by Crippen LogP contribution is 2.13. The molecule has 0 bridgehead atoms. The molecule has 0 fully saturated rings. The second-order valence-corrected chi connectivity index (χ2v) is 11.3. The van der Waals surface area contributed by atoms with Gasteiger partial charge in [0.05, 0.1) is 13.2 Å². The quantitative estimate of drug-likeness (QED) is 0.0873. The maximum absolute atomic E-state index is 12.7. The summed E-state index contributed by atoms with van der Waals surface area (Å²) in [5.74, 6) is -0.306. The molecule has 1 unspecified atom stereocenters. The van der Waals surface area contributed by atoms with E-state index in [0.29, 0.717) is 45.7 Å². The van der Waals surface area contributed by atoms with Gasteiger partial charge in [0.15, 0.2) is 0 Å². The molecule has 1 rings (SSSR count). The number of benzene rings is 1. The van der Waals surface area contributed by atoms with Crippen LogP contribution in [0.3, 0.4) is 0 Å². The largest absolute Gasteiger partial charge is 0.378 e. The van der Waals surface area contributed by atoms with Crippen molar-refractivity contribution >= 4 is 11.8 Å². The van der Waals surface area contributed by atoms with Crippen molar-refractivity contribution in [3.05, 3.63) is 35.9 Å². The summed E-state index contributed by atoms with van der Waals surface area (Å²) < 4.78 is 5.33. The molecule has 1 aromatic rings. The molecule has 7 heteroatoms. The van der Waals surface area contributed by atoms with Gasteiger partial charge in [-0.05, 0) is 18.5 Å². The SMILES string of the molecule is CCCCCCCCCCCCCCCCCCNCCC(=O)NC(Cc1ccccc1)C(=O)NCCOCCN. The lowest BCUT2D eigenvalue weighted by molar-refractivity contribution is -0.129. The predicted molar refractivity (Wildman–Crippen MR) is 172 cm³/mol. The summed E-state index contributed by atoms with van der Waals surface area (Å²) >= 11 is 0. The fourth-order valence-corrected chi connectivity index (χ4v) is 5.01. The highest BCUT2D eigenvalue weighted by atomic mass is 16.5. The molecular weight excluding hydrogens is 512 g/mol. The third kappa shape index (κ3) is 23.3. The zero-order valence-electron chi connectivity index (χ0n) is 26.2. The highest BCUT2D eigenvalue weighted by Gasteiger charge is 2.20. The van der Waals surface area contributed by atoms with Gasteiger partial charge >= 0.3 is 0 Å². The third-order valence-electron chi connectivity index (χ3n) is 7.48. The van der Waals surface area contributed by atoms with Crippen LogP contribution in [0.4, 0.5) is 0 Å². The van der Waals surface area contributed by atoms with E-state index < -0.39 is 6.04 Å². The van der Waals surface area contributed by atoms with Crippen LogP contribution in [0, 0.1) is 0 Å². The smallest absolute Gasteiger partial charge is 0.243 e. The van der Waals surface area contributed by atoms with Crippen LogP contribution >= 0.6 is 0 Å². The number of hydrogen-bond donors (Lipinski definition) is 4. The molecule has 1 atom stereocenters. The number of amides is 2. The maximum Gasteiger partial charge on any atom is 0.243 e. The molecule has 0 saturated carbocycles. The van der Waals surface area contributed by atoms with Gasteiger partial charge in [0.2, 0.25) is 11.8 Å². The zero-order chi connectivity index (χ0) is 29.6. The molecule has 0 saturated heterocycles. The third-order valence-corrected chi connectivity index (χ3v) is 7.48. The van der Waals surface area contributed by atoms with Crippen LogP contribution in [0.15, 0.2) is 30.3 Å². The van der Waals surface area contributed by atoms with Crippen molar-refractivity contribution in [3.8, 4) is 0 Å². The first-order valence-electron chi connectivity index (χ1n) is 16.8. The molecule has 0 aliphatic carbocycles. The first-order valence-corrected chi connectivity index (χ1v) is 16.8. The van der Waals surface area contributed by atoms with Gasteiger partial charge in [-0.1, -0.05) is 134 Å². The Hall–Kier alpha value is -1.96. The Morgan fingerprint density at radius 3 is 1.85 bits per heavy atom. The van der Waals surface area contributed by atoms with Gasteiger partial charge in [0.25, 0.3) is 0 Å². The Morgan fingerprint density at radius 2 is 1.29 bits per heavy atom. The number of hydrogen-bond acceptors (Lipinski definition) is 5. The minimum atomic E-state index is -0.611. The van der Waals surface area contributed by atoms with Crippen LogP contribution in [0.2, 0.25) is 0 Å². The predicted octanol–water partition coefficient (Wildman–Crippen LogP) is 6.05. The molecule has 0 radical (unpaired) electrons. The lowest BCUT2D eigenvalue weighted by Gasteiger charge is -2.19. The standard InChI is InChI=1S/C34H62N4O3/c1-2-3-4-5-6-7-8-9-10-11-12-13-14-15-16-20-25-36-26-23-33(39)38-32(30-31-21-18-17-19-22-31)34(40)37-27-29-41-28-24-35/h17-19,21-22,32,36H,2-16,20,23-30,35H2,1H3,(H,37,40)(H,38,39). The molecule has 1 aromatic carbocycles. The van der Waals surface area contributed by atoms with Gasteiger partial charge in [-0.3, -0.25) is 9.59 Å². The fourth-order valence-electron chi connectivity index (χ4n) is 5.01. The van der Waals surface area contributed by atoms with Crippen molar-refractivity contribution in [3.63, 3.8) is 0 Å². The van der Waals surface area contributed by atoms with Gasteiger partial charge in [0.1, 0.15) is 6.04 Å². The van der Waals surface area contributed by atoms with Gasteiger partial charge < -0.3 is 26.4 Å². The van der Waals surface area contributed by atoms with E-state index in [0.717, 1.165) is 18.5 Å². The van der Waals surface area contributed by atoms with Gasteiger partial charge in [-0.15, -0.1) is 0 Å². The number of nitrogens with two attached hydrogens (primary N) is 1. The van der Waals surface area contributed by atoms with Gasteiger partial charge in [0, 0.05) is 32.5 Å². The monoisotopic (exact) mass is 574 g/mol. The fraction of sp³-hybridized carbons (Fsp3) is 0.765. The van der Waals surface area contributed by atoms with E-state index in [1.165, 1.54) is 96.3 Å². The number of carbonyl (C=O) groups excluding carboxylic acids is 2. The number of nitrogens with one attached hydrogen (secondary N) is 3. The van der Waals surface area contributed by atoms with Crippen molar-refractivity contribution in [2.24, 2.45) is 5.73 Å². The molecule has 7 nitrogen and oxygen atoms in total. The normalized spacial score (nSPS) is 11.9. The summed E-state index contributed by atoms with van der Waals surface area (Å²) in [7, 11) is 0. The molecule has 0 aromatic heterocycles. The van der Waals surface area contributed by atoms with E-state index in [1.54, 1.807) is 0 Å². The van der Waals surface area contributed by atoms with E-state index in [4.69, 9.17) is 10.5 Å². The minimum Gasteiger partial charge on any atom is -0.378 e. The Labute approximate surface area is 251 Å². The van der Waals surface area contributed by atoms with Crippen molar-refractivity contribution in [1.82, 2.24) is 16.0 Å². The molecule has 0 aliphatic heterocycles. The van der Waals surface area contributed by atoms with E-state index in [-0.39, 0.29) is 11.8 Å². The van der Waals surface area contributed by atoms with Crippen LogP contribution in [-0.4, -0.2) is 57.2 Å². The van der Waals surface area contributed by atoms with E-state index in [9.17, 15) is 9.59 Å². The number of ether oxygens (including phenoxy) is 1. The molecule has 236 valence electrons. The van der Waals surface area contributed by atoms with Crippen LogP contribution in [0.5, 0.6) is 0 Å². The highest BCUT2D eigenvalue weighted by molar-refractivity contribution is 5.87. The maximum atomic E-state index is 12.7. The molecule has 0 spiro atoms. The number of unbranched alkanes of at least 4 members (excludes halogenated alkanes) is 15. The summed E-state index contributed by atoms with van der Waals surface area (Å²) in [6.45, 7) is 5.54. The Morgan fingerprint density at radius 1 is 0.732 bits per heavy atom. The topological polar surface area (TPSA) is 105 Å². The van der Waals surface area contributed by atoms with E-state index in [2.05, 4.69) is 22.9 Å². The lowest BCUT2D eigenvalue weighted by atomic mass is 10.0. The van der Waals surface area contributed by atoms with Gasteiger partial charge in [-0.25, -0.2) is 0 Å². The summed E-state index contributed by atoms with van der Waals surface area (Å²) in [6.07, 6.45) is 22.7. The molecule has 0 aliphatic rings. The average molecular weight is 575 g/mol. The summed E-state index contributed by atoms with van der Waals surface area (Å²) in [6, 6.07) is 9.15. The first-order chi connectivity index (χ1) is 20.2. The molecule has 5 N–H and O–H groups in total. The Kier molecular flexibility index (Phi) is 25.5. The summed E-state index contributed by atoms with van der Waals surface area (Å²) in [5, 5.41) is 9.17. The molecule has 41 heavy (non-hydrogen) atoms. The summed E-state index contributed by atoms with van der Waals surface area (Å²) in [5.41, 5.74) is 6.43. The minimum absolute atomic E-state index is 0.111. The van der Waals surface area contributed by atoms with Crippen LogP contribution in [0.25, 0.3) is 0 Å². The zero-order valence-corrected chi connectivity index (χ0v) is 26.2. The lowest BCUT2D eigenvalue weighted by Crippen LogP contribution is -2.49. The number of rotatable bonds is 29. The van der Waals surface area contributed by atoms with Crippen LogP contribution < -0.4 is 21.7 Å². The average Bonchev–Trinajstić information content (AvgIpc) is 2.98. The van der Waals surface area contributed by atoms with Crippen molar-refractivity contribution in [1.29, 1.82) is 0 Å². The Balaban J connectivity index is 2.04. The van der Waals surface area contributed by atoms with Gasteiger partial charge in [-0.2, -0.15) is 0 Å². The van der Waals surface area contributed by atoms with Crippen LogP contribution in [0.1, 0.15) is 122 Å². The van der Waals surface area contributed by atoms with E-state index in [1.807, 2.05) is 30.3 Å². The van der Waals surface area contributed by atoms with Crippen molar-refractivity contribution < 1.29 is 14.3 Å². The molecule has 2 amide bonds. The van der Waals surface area contributed by atoms with Crippen molar-refractivity contribution in [2.45, 2.75) is 129 Å². The molecular formula is C34H62N4O3. The Bertz CT molecular complexity index is 732. The van der Waals surface area contributed by atoms with Crippen molar-refractivity contribution in [2.75, 3.05) is 39.4 Å². The first kappa shape index (κ1) is 37.1. The van der Waals surface area contributed by atoms with Crippen LogP contribution in [-0.2, 0) is 20.7 Å². The summed E-state index contributed by atoms with van der Waals surface area (Å²) in [4.78, 5) is 25.3. The molecule has 0 heterocycles. The second-order valence-electron chi connectivity index (χ2n) is 11.3.